The topological polar surface area (TPSA) is 117 Å². The summed E-state index contributed by atoms with van der Waals surface area (Å²) in [6.07, 6.45) is 4.76. The molecule has 0 aliphatic heterocycles. The fourth-order valence-electron chi connectivity index (χ4n) is 4.72. The molecule has 4 aromatic rings. The Morgan fingerprint density at radius 2 is 1.82 bits per heavy atom. The fraction of sp³-hybridized carbons (Fsp3) is 0.294. The van der Waals surface area contributed by atoms with Crippen LogP contribution in [0.2, 0.25) is 0 Å². The van der Waals surface area contributed by atoms with Gasteiger partial charge in [-0.3, -0.25) is 14.6 Å². The minimum atomic E-state index is -0.886. The molecule has 2 aromatic heterocycles. The van der Waals surface area contributed by atoms with Gasteiger partial charge in [-0.1, -0.05) is 36.4 Å². The summed E-state index contributed by atoms with van der Waals surface area (Å²) in [7, 11) is 3.32. The van der Waals surface area contributed by atoms with E-state index in [4.69, 9.17) is 4.74 Å². The molecular formula is C34H39N5O4S. The van der Waals surface area contributed by atoms with Crippen molar-refractivity contribution in [1.29, 1.82) is 0 Å². The largest absolute Gasteiger partial charge is 0.504 e. The van der Waals surface area contributed by atoms with E-state index in [1.807, 2.05) is 55.6 Å². The average molecular weight is 614 g/mol. The Labute approximate surface area is 262 Å². The van der Waals surface area contributed by atoms with Crippen LogP contribution in [-0.2, 0) is 24.2 Å². The standard InChI is InChI=1S/C34H39N5O4S/c1-23(21-43-4)29-13-26(16-35-18-29)17-36-19-31(40)30(14-25-9-6-5-7-10-25)38-33(41)27-11-8-12-28(15-27)34(42)39(3)20-32-37-24(2)22-44-32/h5-13,15-16,18,21-22,30-31,36,40H,14,17,19-20H2,1-4H3,(H,38,41)/b23-21-/t30-,31+/m0/s1. The molecule has 230 valence electrons. The zero-order valence-electron chi connectivity index (χ0n) is 25.5. The second-order valence-electron chi connectivity index (χ2n) is 10.7. The van der Waals surface area contributed by atoms with Crippen LogP contribution >= 0.6 is 11.3 Å². The summed E-state index contributed by atoms with van der Waals surface area (Å²) in [5.41, 5.74) is 5.52. The molecule has 0 saturated heterocycles. The third kappa shape index (κ3) is 9.31. The van der Waals surface area contributed by atoms with Crippen molar-refractivity contribution in [2.45, 2.75) is 45.5 Å². The lowest BCUT2D eigenvalue weighted by Gasteiger charge is -2.25. The number of aryl methyl sites for hydroxylation is 1. The van der Waals surface area contributed by atoms with Crippen molar-refractivity contribution in [2.75, 3.05) is 20.7 Å². The van der Waals surface area contributed by atoms with Crippen molar-refractivity contribution < 1.29 is 19.4 Å². The highest BCUT2D eigenvalue weighted by molar-refractivity contribution is 7.09. The van der Waals surface area contributed by atoms with Gasteiger partial charge in [-0.15, -0.1) is 11.3 Å². The van der Waals surface area contributed by atoms with Gasteiger partial charge in [-0.25, -0.2) is 4.98 Å². The highest BCUT2D eigenvalue weighted by Crippen LogP contribution is 2.16. The van der Waals surface area contributed by atoms with E-state index in [2.05, 4.69) is 20.6 Å². The first-order chi connectivity index (χ1) is 21.2. The Kier molecular flexibility index (Phi) is 11.8. The lowest BCUT2D eigenvalue weighted by molar-refractivity contribution is 0.0784. The average Bonchev–Trinajstić information content (AvgIpc) is 3.45. The van der Waals surface area contributed by atoms with Crippen molar-refractivity contribution in [2.24, 2.45) is 0 Å². The maximum absolute atomic E-state index is 13.4. The fourth-order valence-corrected chi connectivity index (χ4v) is 5.54. The zero-order valence-corrected chi connectivity index (χ0v) is 26.3. The number of rotatable bonds is 14. The van der Waals surface area contributed by atoms with Gasteiger partial charge in [-0.2, -0.15) is 0 Å². The molecular weight excluding hydrogens is 574 g/mol. The number of aliphatic hydroxyl groups excluding tert-OH is 1. The van der Waals surface area contributed by atoms with E-state index >= 15 is 0 Å². The van der Waals surface area contributed by atoms with E-state index in [1.165, 1.54) is 11.3 Å². The van der Waals surface area contributed by atoms with Gasteiger partial charge in [-0.05, 0) is 66.8 Å². The molecule has 10 heteroatoms. The Balaban J connectivity index is 1.42. The number of benzene rings is 2. The Morgan fingerprint density at radius 1 is 1.05 bits per heavy atom. The molecule has 2 amide bonds. The number of nitrogens with one attached hydrogen (secondary N) is 2. The molecule has 2 heterocycles. The second-order valence-corrected chi connectivity index (χ2v) is 11.7. The molecule has 2 atom stereocenters. The number of carbonyl (C=O) groups is 2. The van der Waals surface area contributed by atoms with E-state index in [9.17, 15) is 14.7 Å². The minimum Gasteiger partial charge on any atom is -0.504 e. The number of thiazole rings is 1. The Morgan fingerprint density at radius 3 is 2.55 bits per heavy atom. The molecule has 0 spiro atoms. The van der Waals surface area contributed by atoms with Crippen LogP contribution in [0.3, 0.4) is 0 Å². The molecule has 2 aromatic carbocycles. The zero-order chi connectivity index (χ0) is 31.5. The van der Waals surface area contributed by atoms with Crippen LogP contribution in [0.5, 0.6) is 0 Å². The molecule has 0 radical (unpaired) electrons. The van der Waals surface area contributed by atoms with E-state index in [-0.39, 0.29) is 18.4 Å². The van der Waals surface area contributed by atoms with Gasteiger partial charge in [0.1, 0.15) is 5.01 Å². The van der Waals surface area contributed by atoms with Crippen LogP contribution in [0.25, 0.3) is 5.57 Å². The first kappa shape index (κ1) is 32.5. The molecule has 0 bridgehead atoms. The number of amides is 2. The van der Waals surface area contributed by atoms with Gasteiger partial charge in [0.25, 0.3) is 11.8 Å². The third-order valence-electron chi connectivity index (χ3n) is 7.06. The van der Waals surface area contributed by atoms with E-state index in [1.54, 1.807) is 62.0 Å². The Hall–Kier alpha value is -4.38. The monoisotopic (exact) mass is 613 g/mol. The minimum absolute atomic E-state index is 0.205. The smallest absolute Gasteiger partial charge is 0.253 e. The van der Waals surface area contributed by atoms with Crippen LogP contribution in [-0.4, -0.2) is 64.6 Å². The number of aromatic nitrogens is 2. The van der Waals surface area contributed by atoms with Crippen molar-refractivity contribution in [1.82, 2.24) is 25.5 Å². The number of nitrogens with zero attached hydrogens (tertiary/aromatic N) is 3. The maximum atomic E-state index is 13.4. The first-order valence-corrected chi connectivity index (χ1v) is 15.3. The molecule has 44 heavy (non-hydrogen) atoms. The normalized spacial score (nSPS) is 12.8. The van der Waals surface area contributed by atoms with Crippen LogP contribution in [0, 0.1) is 6.92 Å². The molecule has 9 nitrogen and oxygen atoms in total. The van der Waals surface area contributed by atoms with E-state index in [0.29, 0.717) is 30.6 Å². The van der Waals surface area contributed by atoms with Crippen LogP contribution in [0.1, 0.15) is 55.0 Å². The predicted octanol–water partition coefficient (Wildman–Crippen LogP) is 4.62. The Bertz CT molecular complexity index is 1570. The summed E-state index contributed by atoms with van der Waals surface area (Å²) >= 11 is 1.51. The van der Waals surface area contributed by atoms with E-state index in [0.717, 1.165) is 33.0 Å². The lowest BCUT2D eigenvalue weighted by atomic mass is 10.00. The molecule has 4 rings (SSSR count). The van der Waals surface area contributed by atoms with Gasteiger partial charge in [0, 0.05) is 54.7 Å². The quantitative estimate of drug-likeness (QED) is 0.178. The van der Waals surface area contributed by atoms with Crippen LogP contribution in [0.4, 0.5) is 0 Å². The molecule has 0 unspecified atom stereocenters. The lowest BCUT2D eigenvalue weighted by Crippen LogP contribution is -2.48. The predicted molar refractivity (Wildman–Crippen MR) is 173 cm³/mol. The van der Waals surface area contributed by atoms with Crippen molar-refractivity contribution in [3.05, 3.63) is 123 Å². The molecule has 0 saturated carbocycles. The first-order valence-electron chi connectivity index (χ1n) is 14.4. The highest BCUT2D eigenvalue weighted by atomic mass is 32.1. The van der Waals surface area contributed by atoms with Gasteiger partial charge in [0.05, 0.1) is 32.1 Å². The number of carbonyl (C=O) groups excluding carboxylic acids is 2. The number of pyridine rings is 1. The number of aliphatic hydroxyl groups is 1. The summed E-state index contributed by atoms with van der Waals surface area (Å²) < 4.78 is 5.11. The van der Waals surface area contributed by atoms with E-state index < -0.39 is 12.1 Å². The summed E-state index contributed by atoms with van der Waals surface area (Å²) in [4.78, 5) is 36.9. The molecule has 0 aliphatic carbocycles. The SMILES string of the molecule is CO/C=C(/C)c1cncc(CNC[C@@H](O)[C@H](Cc2ccccc2)NC(=O)c2cccc(C(=O)N(C)Cc3nc(C)cs3)c2)c1. The molecule has 0 aliphatic rings. The van der Waals surface area contributed by atoms with Gasteiger partial charge in [0.15, 0.2) is 0 Å². The van der Waals surface area contributed by atoms with Crippen LogP contribution < -0.4 is 10.6 Å². The number of hydrogen-bond acceptors (Lipinski definition) is 8. The third-order valence-corrected chi connectivity index (χ3v) is 8.02. The maximum Gasteiger partial charge on any atom is 0.253 e. The van der Waals surface area contributed by atoms with Gasteiger partial charge >= 0.3 is 0 Å². The highest BCUT2D eigenvalue weighted by Gasteiger charge is 2.23. The van der Waals surface area contributed by atoms with Crippen molar-refractivity contribution >= 4 is 28.7 Å². The number of methoxy groups -OCH3 is 1. The van der Waals surface area contributed by atoms with Crippen molar-refractivity contribution in [3.8, 4) is 0 Å². The number of ether oxygens (including phenoxy) is 1. The van der Waals surface area contributed by atoms with Gasteiger partial charge in [0.2, 0.25) is 0 Å². The number of hydrogen-bond donors (Lipinski definition) is 3. The summed E-state index contributed by atoms with van der Waals surface area (Å²) in [5.74, 6) is -0.570. The van der Waals surface area contributed by atoms with Gasteiger partial charge < -0.3 is 25.4 Å². The number of allylic oxidation sites excluding steroid dienone is 1. The van der Waals surface area contributed by atoms with Crippen molar-refractivity contribution in [3.63, 3.8) is 0 Å². The molecule has 3 N–H and O–H groups in total. The van der Waals surface area contributed by atoms with Crippen LogP contribution in [0.15, 0.2) is 84.7 Å². The summed E-state index contributed by atoms with van der Waals surface area (Å²) in [5, 5.41) is 20.3. The second kappa shape index (κ2) is 15.9. The molecule has 0 fully saturated rings. The summed E-state index contributed by atoms with van der Waals surface area (Å²) in [6, 6.07) is 17.8. The summed E-state index contributed by atoms with van der Waals surface area (Å²) in [6.45, 7) is 4.99.